The summed E-state index contributed by atoms with van der Waals surface area (Å²) in [6, 6.07) is 0. The van der Waals surface area contributed by atoms with Gasteiger partial charge in [0.1, 0.15) is 0 Å². The molecule has 11 heavy (non-hydrogen) atoms. The van der Waals surface area contributed by atoms with Gasteiger partial charge in [-0.05, 0) is 0 Å². The van der Waals surface area contributed by atoms with Crippen LogP contribution in [0.3, 0.4) is 0 Å². The van der Waals surface area contributed by atoms with Gasteiger partial charge in [0.05, 0.1) is 0 Å². The zero-order chi connectivity index (χ0) is 8.43. The Hall–Kier alpha value is 0.350. The monoisotopic (exact) mass is 315 g/mol. The summed E-state index contributed by atoms with van der Waals surface area (Å²) >= 11 is 1.25. The molecule has 0 N–H and O–H groups in total. The molecule has 1 heteroatoms. The minimum absolute atomic E-state index is 0.821. The van der Waals surface area contributed by atoms with Gasteiger partial charge in [0.25, 0.3) is 0 Å². The molecule has 1 aliphatic rings. The molecular formula is C10H15Hf. The molecule has 0 nitrogen and oxygen atoms in total. The first-order valence-corrected chi connectivity index (χ1v) is 6.00. The molecule has 0 saturated carbocycles. The van der Waals surface area contributed by atoms with E-state index in [1.54, 1.807) is 14.5 Å². The SMILES string of the molecule is CC1=[C]([Hf])CC(CC(C)C)=C1. The Morgan fingerprint density at radius 3 is 2.55 bits per heavy atom. The van der Waals surface area contributed by atoms with Crippen LogP contribution >= 0.6 is 0 Å². The summed E-state index contributed by atoms with van der Waals surface area (Å²) in [5, 5.41) is 0. The fourth-order valence-electron chi connectivity index (χ4n) is 1.47. The third-order valence-electron chi connectivity index (χ3n) is 1.97. The summed E-state index contributed by atoms with van der Waals surface area (Å²) in [6.07, 6.45) is 4.97. The fraction of sp³-hybridized carbons (Fsp3) is 0.600. The quantitative estimate of drug-likeness (QED) is 0.687. The van der Waals surface area contributed by atoms with E-state index in [9.17, 15) is 0 Å². The first-order chi connectivity index (χ1) is 5.09. The van der Waals surface area contributed by atoms with Crippen molar-refractivity contribution in [2.45, 2.75) is 33.6 Å². The summed E-state index contributed by atoms with van der Waals surface area (Å²) < 4.78 is 1.70. The molecule has 59 valence electrons. The average molecular weight is 314 g/mol. The van der Waals surface area contributed by atoms with Gasteiger partial charge in [-0.15, -0.1) is 0 Å². The van der Waals surface area contributed by atoms with Crippen LogP contribution in [0.25, 0.3) is 0 Å². The molecule has 1 rings (SSSR count). The maximum atomic E-state index is 2.39. The molecule has 0 aromatic carbocycles. The second kappa shape index (κ2) is 3.84. The summed E-state index contributed by atoms with van der Waals surface area (Å²) in [7, 11) is 0. The van der Waals surface area contributed by atoms with Crippen LogP contribution in [0.15, 0.2) is 20.6 Å². The molecule has 0 fully saturated rings. The Labute approximate surface area is 84.3 Å². The molecule has 0 amide bonds. The molecule has 0 aliphatic heterocycles. The Bertz CT molecular complexity index is 209. The number of hydrogen-bond donors (Lipinski definition) is 0. The van der Waals surface area contributed by atoms with Crippen molar-refractivity contribution >= 4 is 0 Å². The van der Waals surface area contributed by atoms with Crippen molar-refractivity contribution in [1.29, 1.82) is 0 Å². The van der Waals surface area contributed by atoms with Gasteiger partial charge in [-0.1, -0.05) is 0 Å². The van der Waals surface area contributed by atoms with E-state index in [1.165, 1.54) is 37.2 Å². The van der Waals surface area contributed by atoms with E-state index < -0.39 is 0 Å². The average Bonchev–Trinajstić information content (AvgIpc) is 2.10. The van der Waals surface area contributed by atoms with Gasteiger partial charge in [-0.3, -0.25) is 0 Å². The van der Waals surface area contributed by atoms with Crippen molar-refractivity contribution in [2.75, 3.05) is 0 Å². The zero-order valence-corrected chi connectivity index (χ0v) is 11.2. The molecule has 0 aromatic rings. The number of allylic oxidation sites excluding steroid dienone is 4. The molecular weight excluding hydrogens is 299 g/mol. The Morgan fingerprint density at radius 2 is 2.18 bits per heavy atom. The molecule has 0 saturated heterocycles. The molecule has 0 spiro atoms. The van der Waals surface area contributed by atoms with Gasteiger partial charge in [0.15, 0.2) is 0 Å². The van der Waals surface area contributed by atoms with Gasteiger partial charge in [0, 0.05) is 0 Å². The summed E-state index contributed by atoms with van der Waals surface area (Å²) in [6.45, 7) is 6.83. The van der Waals surface area contributed by atoms with Gasteiger partial charge < -0.3 is 0 Å². The van der Waals surface area contributed by atoms with E-state index in [4.69, 9.17) is 0 Å². The van der Waals surface area contributed by atoms with Gasteiger partial charge in [-0.25, -0.2) is 0 Å². The van der Waals surface area contributed by atoms with E-state index in [0.717, 1.165) is 5.92 Å². The van der Waals surface area contributed by atoms with Gasteiger partial charge in [0.2, 0.25) is 0 Å². The van der Waals surface area contributed by atoms with E-state index in [2.05, 4.69) is 26.8 Å². The second-order valence-electron chi connectivity index (χ2n) is 3.74. The molecule has 0 unspecified atom stereocenters. The van der Waals surface area contributed by atoms with Gasteiger partial charge in [-0.2, -0.15) is 0 Å². The molecule has 0 atom stereocenters. The number of hydrogen-bond acceptors (Lipinski definition) is 0. The van der Waals surface area contributed by atoms with Crippen LogP contribution in [-0.2, 0) is 24.4 Å². The predicted octanol–water partition coefficient (Wildman–Crippen LogP) is 3.18. The van der Waals surface area contributed by atoms with Crippen LogP contribution in [-0.4, -0.2) is 0 Å². The van der Waals surface area contributed by atoms with Crippen molar-refractivity contribution in [3.05, 3.63) is 20.6 Å². The topological polar surface area (TPSA) is 0 Å². The Kier molecular flexibility index (Phi) is 3.29. The third-order valence-corrected chi connectivity index (χ3v) is 4.02. The van der Waals surface area contributed by atoms with Gasteiger partial charge >= 0.3 is 84.5 Å². The minimum atomic E-state index is 0.821. The van der Waals surface area contributed by atoms with Crippen LogP contribution in [0.4, 0.5) is 0 Å². The van der Waals surface area contributed by atoms with Crippen LogP contribution in [0.1, 0.15) is 33.6 Å². The van der Waals surface area contributed by atoms with Crippen molar-refractivity contribution in [1.82, 2.24) is 0 Å². The predicted molar refractivity (Wildman–Crippen MR) is 44.9 cm³/mol. The Balaban J connectivity index is 2.51. The molecule has 1 aliphatic carbocycles. The van der Waals surface area contributed by atoms with E-state index in [0.29, 0.717) is 0 Å². The molecule has 0 aromatic heterocycles. The standard InChI is InChI=1S/C10H15.Hf/c1-8(2)6-10-5-4-9(3)7-10;/h7-8H,5-6H2,1-3H3;. The second-order valence-corrected chi connectivity index (χ2v) is 5.91. The van der Waals surface area contributed by atoms with E-state index in [1.807, 2.05) is 0 Å². The fourth-order valence-corrected chi connectivity index (χ4v) is 2.54. The van der Waals surface area contributed by atoms with Crippen LogP contribution < -0.4 is 0 Å². The van der Waals surface area contributed by atoms with E-state index in [-0.39, 0.29) is 0 Å². The first kappa shape index (κ1) is 9.44. The third kappa shape index (κ3) is 2.70. The molecule has 0 bridgehead atoms. The summed E-state index contributed by atoms with van der Waals surface area (Å²) in [5.41, 5.74) is 3.20. The van der Waals surface area contributed by atoms with Crippen molar-refractivity contribution in [2.24, 2.45) is 5.92 Å². The van der Waals surface area contributed by atoms with Crippen molar-refractivity contribution < 1.29 is 24.4 Å². The zero-order valence-electron chi connectivity index (χ0n) is 7.57. The molecule has 0 radical (unpaired) electrons. The first-order valence-electron chi connectivity index (χ1n) is 4.20. The van der Waals surface area contributed by atoms with Crippen molar-refractivity contribution in [3.63, 3.8) is 0 Å². The molecule has 0 heterocycles. The Morgan fingerprint density at radius 1 is 1.55 bits per heavy atom. The van der Waals surface area contributed by atoms with Crippen LogP contribution in [0, 0.1) is 5.92 Å². The maximum absolute atomic E-state index is 2.39. The number of rotatable bonds is 2. The summed E-state index contributed by atoms with van der Waals surface area (Å²) in [4.78, 5) is 0. The van der Waals surface area contributed by atoms with Crippen LogP contribution in [0.5, 0.6) is 0 Å². The van der Waals surface area contributed by atoms with Crippen LogP contribution in [0.2, 0.25) is 0 Å². The van der Waals surface area contributed by atoms with Crippen molar-refractivity contribution in [3.8, 4) is 0 Å². The van der Waals surface area contributed by atoms with E-state index >= 15 is 0 Å². The normalized spacial score (nSPS) is 17.9. The summed E-state index contributed by atoms with van der Waals surface area (Å²) in [5.74, 6) is 0.821.